The number of carbonyl (C=O) groups excluding carboxylic acids is 2. The van der Waals surface area contributed by atoms with Gasteiger partial charge in [0.05, 0.1) is 20.5 Å². The van der Waals surface area contributed by atoms with Gasteiger partial charge in [0.2, 0.25) is 0 Å². The number of benzene rings is 1. The van der Waals surface area contributed by atoms with Crippen molar-refractivity contribution in [2.24, 2.45) is 0 Å². The normalized spacial score (nSPS) is 11.7. The second-order valence-electron chi connectivity index (χ2n) is 7.21. The molecule has 6 nitrogen and oxygen atoms in total. The number of nitrogens with zero attached hydrogens (tertiary/aromatic N) is 1. The molecule has 0 unspecified atom stereocenters. The summed E-state index contributed by atoms with van der Waals surface area (Å²) in [5.74, 6) is -0.470. The number of rotatable bonds is 8. The lowest BCUT2D eigenvalue weighted by Crippen LogP contribution is -2.37. The number of esters is 1. The van der Waals surface area contributed by atoms with Gasteiger partial charge in [0.15, 0.2) is 0 Å². The molecule has 0 bridgehead atoms. The Hall–Kier alpha value is -2.50. The smallest absolute Gasteiger partial charge is 0.410 e. The van der Waals surface area contributed by atoms with Crippen LogP contribution in [0.15, 0.2) is 30.5 Å². The summed E-state index contributed by atoms with van der Waals surface area (Å²) in [5.41, 5.74) is 1.43. The topological polar surface area (TPSA) is 65.1 Å². The number of ether oxygens (including phenoxy) is 3. The molecular weight excluding hydrogens is 346 g/mol. The van der Waals surface area contributed by atoms with E-state index in [9.17, 15) is 9.59 Å². The summed E-state index contributed by atoms with van der Waals surface area (Å²) in [6.07, 6.45) is 2.92. The summed E-state index contributed by atoms with van der Waals surface area (Å²) in [5, 5.41) is 0. The quantitative estimate of drug-likeness (QED) is 0.382. The van der Waals surface area contributed by atoms with Crippen molar-refractivity contribution in [3.8, 4) is 0 Å². The van der Waals surface area contributed by atoms with Gasteiger partial charge in [-0.3, -0.25) is 0 Å². The Morgan fingerprint density at radius 1 is 1.11 bits per heavy atom. The third kappa shape index (κ3) is 7.72. The standard InChI is InChI=1S/C21H31NO5/c1-7-8-13-22(20(24)27-21(2,3)4)14-16-9-11-17(12-10-16)18(15-25-5)19(23)26-6/h9-12,15H,7-8,13-14H2,1-6H3/b18-15+. The molecule has 0 N–H and O–H groups in total. The zero-order chi connectivity index (χ0) is 20.4. The van der Waals surface area contributed by atoms with E-state index >= 15 is 0 Å². The maximum atomic E-state index is 12.5. The van der Waals surface area contributed by atoms with E-state index < -0.39 is 11.6 Å². The van der Waals surface area contributed by atoms with E-state index in [1.165, 1.54) is 20.5 Å². The monoisotopic (exact) mass is 377 g/mol. The molecule has 0 aromatic heterocycles. The first-order chi connectivity index (χ1) is 12.7. The molecule has 6 heteroatoms. The van der Waals surface area contributed by atoms with Crippen LogP contribution < -0.4 is 0 Å². The molecule has 1 rings (SSSR count). The van der Waals surface area contributed by atoms with Crippen molar-refractivity contribution >= 4 is 17.6 Å². The van der Waals surface area contributed by atoms with Crippen molar-refractivity contribution in [3.63, 3.8) is 0 Å². The average molecular weight is 377 g/mol. The summed E-state index contributed by atoms with van der Waals surface area (Å²) in [6, 6.07) is 7.38. The molecule has 0 aliphatic carbocycles. The highest BCUT2D eigenvalue weighted by molar-refractivity contribution is 6.16. The number of methoxy groups -OCH3 is 2. The van der Waals surface area contributed by atoms with Crippen LogP contribution in [0.5, 0.6) is 0 Å². The lowest BCUT2D eigenvalue weighted by atomic mass is 10.0. The molecule has 0 fully saturated rings. The van der Waals surface area contributed by atoms with Crippen molar-refractivity contribution in [2.75, 3.05) is 20.8 Å². The predicted molar refractivity (Wildman–Crippen MR) is 105 cm³/mol. The Balaban J connectivity index is 2.95. The Kier molecular flexibility index (Phi) is 8.85. The van der Waals surface area contributed by atoms with Crippen molar-refractivity contribution < 1.29 is 23.8 Å². The van der Waals surface area contributed by atoms with E-state index in [-0.39, 0.29) is 6.09 Å². The van der Waals surface area contributed by atoms with E-state index in [0.717, 1.165) is 18.4 Å². The maximum Gasteiger partial charge on any atom is 0.410 e. The molecule has 27 heavy (non-hydrogen) atoms. The van der Waals surface area contributed by atoms with E-state index in [0.29, 0.717) is 24.2 Å². The van der Waals surface area contributed by atoms with Gasteiger partial charge >= 0.3 is 12.1 Å². The van der Waals surface area contributed by atoms with Crippen LogP contribution in [0.4, 0.5) is 4.79 Å². The molecule has 0 aliphatic rings. The Labute approximate surface area is 162 Å². The molecule has 0 aliphatic heterocycles. The van der Waals surface area contributed by atoms with Crippen LogP contribution in [0.2, 0.25) is 0 Å². The summed E-state index contributed by atoms with van der Waals surface area (Å²) >= 11 is 0. The van der Waals surface area contributed by atoms with Gasteiger partial charge in [-0.05, 0) is 38.3 Å². The minimum Gasteiger partial charge on any atom is -0.503 e. The molecule has 0 saturated carbocycles. The van der Waals surface area contributed by atoms with Crippen molar-refractivity contribution in [3.05, 3.63) is 41.7 Å². The first-order valence-electron chi connectivity index (χ1n) is 9.10. The zero-order valence-corrected chi connectivity index (χ0v) is 17.2. The largest absolute Gasteiger partial charge is 0.503 e. The van der Waals surface area contributed by atoms with Crippen LogP contribution in [0.1, 0.15) is 51.7 Å². The van der Waals surface area contributed by atoms with Crippen molar-refractivity contribution in [1.82, 2.24) is 4.90 Å². The van der Waals surface area contributed by atoms with Crippen LogP contribution in [-0.2, 0) is 25.5 Å². The van der Waals surface area contributed by atoms with Crippen LogP contribution in [0.3, 0.4) is 0 Å². The van der Waals surface area contributed by atoms with Gasteiger partial charge < -0.3 is 19.1 Å². The summed E-state index contributed by atoms with van der Waals surface area (Å²) in [7, 11) is 2.80. The Morgan fingerprint density at radius 2 is 1.74 bits per heavy atom. The molecule has 0 heterocycles. The van der Waals surface area contributed by atoms with E-state index in [1.807, 2.05) is 45.0 Å². The van der Waals surface area contributed by atoms with E-state index in [2.05, 4.69) is 6.92 Å². The minimum atomic E-state index is -0.536. The van der Waals surface area contributed by atoms with Crippen molar-refractivity contribution in [1.29, 1.82) is 0 Å². The summed E-state index contributed by atoms with van der Waals surface area (Å²) < 4.78 is 15.3. The average Bonchev–Trinajstić information content (AvgIpc) is 2.61. The SMILES string of the molecule is CCCCN(Cc1ccc(/C(=C\OC)C(=O)OC)cc1)C(=O)OC(C)(C)C. The number of hydrogen-bond donors (Lipinski definition) is 0. The fourth-order valence-corrected chi connectivity index (χ4v) is 2.38. The molecule has 150 valence electrons. The van der Waals surface area contributed by atoms with Gasteiger partial charge in [0.1, 0.15) is 11.2 Å². The van der Waals surface area contributed by atoms with Crippen LogP contribution in [-0.4, -0.2) is 43.3 Å². The predicted octanol–water partition coefficient (Wildman–Crippen LogP) is 4.38. The molecule has 0 atom stereocenters. The number of unbranched alkanes of at least 4 members (excludes halogenated alkanes) is 1. The molecular formula is C21H31NO5. The molecule has 1 aromatic carbocycles. The summed E-state index contributed by atoms with van der Waals surface area (Å²) in [4.78, 5) is 26.0. The van der Waals surface area contributed by atoms with Crippen LogP contribution >= 0.6 is 0 Å². The molecule has 1 amide bonds. The van der Waals surface area contributed by atoms with Gasteiger partial charge in [-0.2, -0.15) is 0 Å². The van der Waals surface area contributed by atoms with Crippen molar-refractivity contribution in [2.45, 2.75) is 52.7 Å². The minimum absolute atomic E-state index is 0.324. The van der Waals surface area contributed by atoms with Crippen LogP contribution in [0.25, 0.3) is 5.57 Å². The number of amides is 1. The second kappa shape index (κ2) is 10.6. The first-order valence-corrected chi connectivity index (χ1v) is 9.10. The highest BCUT2D eigenvalue weighted by Gasteiger charge is 2.22. The van der Waals surface area contributed by atoms with Gasteiger partial charge in [0, 0.05) is 13.1 Å². The highest BCUT2D eigenvalue weighted by Crippen LogP contribution is 2.19. The van der Waals surface area contributed by atoms with Crippen LogP contribution in [0, 0.1) is 0 Å². The van der Waals surface area contributed by atoms with Gasteiger partial charge in [-0.1, -0.05) is 37.6 Å². The maximum absolute atomic E-state index is 12.5. The fraction of sp³-hybridized carbons (Fsp3) is 0.524. The Bertz CT molecular complexity index is 644. The molecule has 0 radical (unpaired) electrons. The third-order valence-corrected chi connectivity index (χ3v) is 3.71. The zero-order valence-electron chi connectivity index (χ0n) is 17.2. The number of carbonyl (C=O) groups is 2. The number of hydrogen-bond acceptors (Lipinski definition) is 5. The third-order valence-electron chi connectivity index (χ3n) is 3.71. The highest BCUT2D eigenvalue weighted by atomic mass is 16.6. The van der Waals surface area contributed by atoms with Gasteiger partial charge in [-0.25, -0.2) is 9.59 Å². The van der Waals surface area contributed by atoms with E-state index in [1.54, 1.807) is 4.90 Å². The fourth-order valence-electron chi connectivity index (χ4n) is 2.38. The van der Waals surface area contributed by atoms with E-state index in [4.69, 9.17) is 14.2 Å². The first kappa shape index (κ1) is 22.5. The Morgan fingerprint density at radius 3 is 2.22 bits per heavy atom. The molecule has 0 spiro atoms. The summed E-state index contributed by atoms with van der Waals surface area (Å²) in [6.45, 7) is 8.72. The lowest BCUT2D eigenvalue weighted by Gasteiger charge is -2.27. The second-order valence-corrected chi connectivity index (χ2v) is 7.21. The molecule has 1 aromatic rings. The molecule has 0 saturated heterocycles. The van der Waals surface area contributed by atoms with Gasteiger partial charge in [-0.15, -0.1) is 0 Å². The van der Waals surface area contributed by atoms with Gasteiger partial charge in [0.25, 0.3) is 0 Å². The lowest BCUT2D eigenvalue weighted by molar-refractivity contribution is -0.133.